The number of rotatable bonds is 5. The van der Waals surface area contributed by atoms with E-state index in [1.165, 1.54) is 6.07 Å². The zero-order chi connectivity index (χ0) is 15.2. The molecular formula is C17H19FN2O. The second kappa shape index (κ2) is 6.88. The molecule has 0 bridgehead atoms. The first kappa shape index (κ1) is 15.0. The highest BCUT2D eigenvalue weighted by molar-refractivity contribution is 5.99. The lowest BCUT2D eigenvalue weighted by molar-refractivity contribution is 0.0954. The minimum Gasteiger partial charge on any atom is -0.387 e. The second-order valence-corrected chi connectivity index (χ2v) is 4.90. The van der Waals surface area contributed by atoms with E-state index in [4.69, 9.17) is 0 Å². The molecule has 2 rings (SSSR count). The van der Waals surface area contributed by atoms with Crippen LogP contribution in [0.25, 0.3) is 0 Å². The van der Waals surface area contributed by atoms with E-state index >= 15 is 0 Å². The van der Waals surface area contributed by atoms with Gasteiger partial charge < -0.3 is 10.6 Å². The van der Waals surface area contributed by atoms with Gasteiger partial charge in [-0.15, -0.1) is 0 Å². The predicted octanol–water partition coefficient (Wildman–Crippen LogP) is 3.15. The maximum Gasteiger partial charge on any atom is 0.253 e. The fourth-order valence-electron chi connectivity index (χ4n) is 2.17. The molecule has 0 atom stereocenters. The van der Waals surface area contributed by atoms with Crippen molar-refractivity contribution in [1.29, 1.82) is 0 Å². The standard InChI is InChI=1S/C17H19FN2O/c1-12-7-8-16(19-2)14(11-12)17(21)20-10-9-13-5-3-4-6-15(13)18/h3-8,11,19H,9-10H2,1-2H3,(H,20,21). The third-order valence-electron chi connectivity index (χ3n) is 3.33. The number of carbonyl (C=O) groups excluding carboxylic acids is 1. The Morgan fingerprint density at radius 1 is 1.19 bits per heavy atom. The number of nitrogens with one attached hydrogen (secondary N) is 2. The summed E-state index contributed by atoms with van der Waals surface area (Å²) >= 11 is 0. The molecule has 0 aliphatic carbocycles. The van der Waals surface area contributed by atoms with Gasteiger partial charge in [-0.25, -0.2) is 4.39 Å². The van der Waals surface area contributed by atoms with Crippen molar-refractivity contribution in [3.63, 3.8) is 0 Å². The Morgan fingerprint density at radius 3 is 2.67 bits per heavy atom. The first-order chi connectivity index (χ1) is 10.1. The van der Waals surface area contributed by atoms with Gasteiger partial charge >= 0.3 is 0 Å². The molecule has 1 amide bonds. The van der Waals surface area contributed by atoms with Crippen molar-refractivity contribution in [2.45, 2.75) is 13.3 Å². The van der Waals surface area contributed by atoms with E-state index in [-0.39, 0.29) is 11.7 Å². The average Bonchev–Trinajstić information content (AvgIpc) is 2.49. The molecule has 0 unspecified atom stereocenters. The lowest BCUT2D eigenvalue weighted by atomic mass is 10.1. The minimum atomic E-state index is -0.238. The molecule has 0 aliphatic rings. The lowest BCUT2D eigenvalue weighted by Gasteiger charge is -2.11. The summed E-state index contributed by atoms with van der Waals surface area (Å²) in [5, 5.41) is 5.83. The SMILES string of the molecule is CNc1ccc(C)cc1C(=O)NCCc1ccccc1F. The van der Waals surface area contributed by atoms with Gasteiger partial charge in [0.25, 0.3) is 5.91 Å². The number of hydrogen-bond donors (Lipinski definition) is 2. The molecule has 0 heterocycles. The van der Waals surface area contributed by atoms with Crippen molar-refractivity contribution in [1.82, 2.24) is 5.32 Å². The molecule has 0 saturated heterocycles. The predicted molar refractivity (Wildman–Crippen MR) is 83.2 cm³/mol. The highest BCUT2D eigenvalue weighted by Crippen LogP contribution is 2.16. The largest absolute Gasteiger partial charge is 0.387 e. The Morgan fingerprint density at radius 2 is 1.95 bits per heavy atom. The van der Waals surface area contributed by atoms with Crippen LogP contribution >= 0.6 is 0 Å². The van der Waals surface area contributed by atoms with Gasteiger partial charge in [-0.05, 0) is 37.1 Å². The van der Waals surface area contributed by atoms with Crippen LogP contribution in [-0.4, -0.2) is 19.5 Å². The summed E-state index contributed by atoms with van der Waals surface area (Å²) in [7, 11) is 1.78. The topological polar surface area (TPSA) is 41.1 Å². The van der Waals surface area contributed by atoms with Gasteiger partial charge in [0.05, 0.1) is 5.56 Å². The maximum atomic E-state index is 13.5. The van der Waals surface area contributed by atoms with E-state index in [1.807, 2.05) is 25.1 Å². The molecule has 0 spiro atoms. The van der Waals surface area contributed by atoms with Crippen LogP contribution in [0.3, 0.4) is 0 Å². The van der Waals surface area contributed by atoms with Gasteiger partial charge in [-0.2, -0.15) is 0 Å². The van der Waals surface area contributed by atoms with Crippen molar-refractivity contribution in [2.24, 2.45) is 0 Å². The molecule has 21 heavy (non-hydrogen) atoms. The number of amides is 1. The third-order valence-corrected chi connectivity index (χ3v) is 3.33. The zero-order valence-electron chi connectivity index (χ0n) is 12.2. The van der Waals surface area contributed by atoms with Gasteiger partial charge in [0.15, 0.2) is 0 Å². The molecule has 2 N–H and O–H groups in total. The van der Waals surface area contributed by atoms with Gasteiger partial charge in [-0.3, -0.25) is 4.79 Å². The summed E-state index contributed by atoms with van der Waals surface area (Å²) in [4.78, 5) is 12.2. The zero-order valence-corrected chi connectivity index (χ0v) is 12.2. The average molecular weight is 286 g/mol. The van der Waals surface area contributed by atoms with E-state index in [2.05, 4.69) is 10.6 Å². The van der Waals surface area contributed by atoms with Crippen LogP contribution in [0.15, 0.2) is 42.5 Å². The smallest absolute Gasteiger partial charge is 0.253 e. The van der Waals surface area contributed by atoms with Crippen LogP contribution in [0, 0.1) is 12.7 Å². The van der Waals surface area contributed by atoms with Crippen LogP contribution in [0.2, 0.25) is 0 Å². The fourth-order valence-corrected chi connectivity index (χ4v) is 2.17. The molecule has 0 aliphatic heterocycles. The van der Waals surface area contributed by atoms with Crippen molar-refractivity contribution in [3.05, 3.63) is 65.0 Å². The second-order valence-electron chi connectivity index (χ2n) is 4.90. The molecule has 4 heteroatoms. The van der Waals surface area contributed by atoms with Gasteiger partial charge in [0.1, 0.15) is 5.82 Å². The quantitative estimate of drug-likeness (QED) is 0.886. The summed E-state index contributed by atoms with van der Waals surface area (Å²) in [6.07, 6.45) is 0.471. The highest BCUT2D eigenvalue weighted by Gasteiger charge is 2.10. The summed E-state index contributed by atoms with van der Waals surface area (Å²) in [6.45, 7) is 2.34. The molecule has 2 aromatic rings. The highest BCUT2D eigenvalue weighted by atomic mass is 19.1. The van der Waals surface area contributed by atoms with Gasteiger partial charge in [0.2, 0.25) is 0 Å². The molecule has 110 valence electrons. The minimum absolute atomic E-state index is 0.153. The first-order valence-electron chi connectivity index (χ1n) is 6.92. The summed E-state index contributed by atoms with van der Waals surface area (Å²) in [5.41, 5.74) is 3.01. The van der Waals surface area contributed by atoms with Crippen molar-refractivity contribution < 1.29 is 9.18 Å². The Labute approximate surface area is 124 Å². The van der Waals surface area contributed by atoms with Crippen molar-refractivity contribution in [2.75, 3.05) is 18.9 Å². The number of aryl methyl sites for hydroxylation is 1. The van der Waals surface area contributed by atoms with E-state index in [9.17, 15) is 9.18 Å². The number of carbonyl (C=O) groups is 1. The van der Waals surface area contributed by atoms with Crippen molar-refractivity contribution in [3.8, 4) is 0 Å². The monoisotopic (exact) mass is 286 g/mol. The third kappa shape index (κ3) is 3.81. The first-order valence-corrected chi connectivity index (χ1v) is 6.92. The molecule has 0 radical (unpaired) electrons. The number of halogens is 1. The molecule has 2 aromatic carbocycles. The lowest BCUT2D eigenvalue weighted by Crippen LogP contribution is -2.26. The van der Waals surface area contributed by atoms with Crippen molar-refractivity contribution >= 4 is 11.6 Å². The number of anilines is 1. The van der Waals surface area contributed by atoms with E-state index < -0.39 is 0 Å². The Hall–Kier alpha value is -2.36. The van der Waals surface area contributed by atoms with E-state index in [0.717, 1.165) is 11.3 Å². The van der Waals surface area contributed by atoms with Gasteiger partial charge in [0, 0.05) is 19.3 Å². The van der Waals surface area contributed by atoms with E-state index in [1.54, 1.807) is 25.2 Å². The molecular weight excluding hydrogens is 267 g/mol. The van der Waals surface area contributed by atoms with Gasteiger partial charge in [-0.1, -0.05) is 29.8 Å². The fraction of sp³-hybridized carbons (Fsp3) is 0.235. The van der Waals surface area contributed by atoms with E-state index in [0.29, 0.717) is 24.1 Å². The van der Waals surface area contributed by atoms with Crippen LogP contribution in [-0.2, 0) is 6.42 Å². The Balaban J connectivity index is 1.99. The van der Waals surface area contributed by atoms with Crippen LogP contribution < -0.4 is 10.6 Å². The molecule has 0 saturated carbocycles. The van der Waals surface area contributed by atoms with Crippen LogP contribution in [0.1, 0.15) is 21.5 Å². The Kier molecular flexibility index (Phi) is 4.93. The summed E-state index contributed by atoms with van der Waals surface area (Å²) < 4.78 is 13.5. The molecule has 0 fully saturated rings. The molecule has 0 aromatic heterocycles. The number of hydrogen-bond acceptors (Lipinski definition) is 2. The normalized spacial score (nSPS) is 10.2. The Bertz CT molecular complexity index is 640. The molecule has 3 nitrogen and oxygen atoms in total. The maximum absolute atomic E-state index is 13.5. The summed E-state index contributed by atoms with van der Waals surface area (Å²) in [5.74, 6) is -0.391. The van der Waals surface area contributed by atoms with Crippen LogP contribution in [0.4, 0.5) is 10.1 Å². The number of benzene rings is 2. The van der Waals surface area contributed by atoms with Crippen LogP contribution in [0.5, 0.6) is 0 Å². The summed E-state index contributed by atoms with van der Waals surface area (Å²) in [6, 6.07) is 12.3.